The zero-order chi connectivity index (χ0) is 26.3. The summed E-state index contributed by atoms with van der Waals surface area (Å²) >= 11 is 0. The fourth-order valence-electron chi connectivity index (χ4n) is 10.0. The zero-order valence-electron chi connectivity index (χ0n) is 22.9. The molecule has 4 N–H and O–H groups in total. The van der Waals surface area contributed by atoms with Crippen molar-refractivity contribution >= 4 is 11.0 Å². The molecule has 1 heterocycles. The lowest BCUT2D eigenvalue weighted by Gasteiger charge is -2.63. The van der Waals surface area contributed by atoms with Crippen LogP contribution in [0.15, 0.2) is 12.1 Å². The maximum absolute atomic E-state index is 14.0. The van der Waals surface area contributed by atoms with Crippen molar-refractivity contribution in [1.82, 2.24) is 9.97 Å². The first-order chi connectivity index (χ1) is 17.5. The third-order valence-corrected chi connectivity index (χ3v) is 12.2. The van der Waals surface area contributed by atoms with E-state index in [2.05, 4.69) is 30.7 Å². The highest BCUT2D eigenvalue weighted by atomic mass is 19.1. The van der Waals surface area contributed by atoms with E-state index in [-0.39, 0.29) is 40.9 Å². The van der Waals surface area contributed by atoms with E-state index in [1.165, 1.54) is 6.07 Å². The van der Waals surface area contributed by atoms with Crippen LogP contribution in [0, 0.1) is 59.1 Å². The van der Waals surface area contributed by atoms with Gasteiger partial charge in [0.25, 0.3) is 0 Å². The highest BCUT2D eigenvalue weighted by Gasteiger charge is 2.65. The molecule has 6 heteroatoms. The quantitative estimate of drug-likeness (QED) is 0.433. The second-order valence-electron chi connectivity index (χ2n) is 13.8. The number of aryl methyl sites for hydroxylation is 2. The molecule has 37 heavy (non-hydrogen) atoms. The molecule has 0 saturated heterocycles. The van der Waals surface area contributed by atoms with E-state index in [1.54, 1.807) is 6.92 Å². The van der Waals surface area contributed by atoms with Gasteiger partial charge in [-0.3, -0.25) is 0 Å². The molecule has 5 nitrogen and oxygen atoms in total. The summed E-state index contributed by atoms with van der Waals surface area (Å²) in [5.74, 6) is 2.77. The van der Waals surface area contributed by atoms with Gasteiger partial charge in [-0.2, -0.15) is 0 Å². The summed E-state index contributed by atoms with van der Waals surface area (Å²) in [6.07, 6.45) is 7.22. The number of aliphatic hydroxyl groups excluding tert-OH is 3. The van der Waals surface area contributed by atoms with Crippen molar-refractivity contribution < 1.29 is 19.7 Å². The van der Waals surface area contributed by atoms with Crippen molar-refractivity contribution in [3.8, 4) is 0 Å². The summed E-state index contributed by atoms with van der Waals surface area (Å²) in [6, 6.07) is 3.34. The number of nitrogens with zero attached hydrogens (tertiary/aromatic N) is 1. The third-order valence-electron chi connectivity index (χ3n) is 12.2. The number of rotatable bonds is 4. The average Bonchev–Trinajstić information content (AvgIpc) is 3.40. The molecule has 1 aromatic carbocycles. The number of hydrogen-bond donors (Lipinski definition) is 4. The molecule has 2 aromatic rings. The van der Waals surface area contributed by atoms with Crippen LogP contribution in [0.3, 0.4) is 0 Å². The Morgan fingerprint density at radius 2 is 1.86 bits per heavy atom. The molecule has 6 rings (SSSR count). The van der Waals surface area contributed by atoms with Gasteiger partial charge in [-0.15, -0.1) is 0 Å². The largest absolute Gasteiger partial charge is 0.393 e. The van der Waals surface area contributed by atoms with Crippen molar-refractivity contribution in [3.05, 3.63) is 29.3 Å². The summed E-state index contributed by atoms with van der Waals surface area (Å²) in [7, 11) is 0. The van der Waals surface area contributed by atoms with Crippen molar-refractivity contribution in [3.63, 3.8) is 0 Å². The van der Waals surface area contributed by atoms with Crippen LogP contribution in [0.4, 0.5) is 4.39 Å². The van der Waals surface area contributed by atoms with Gasteiger partial charge < -0.3 is 20.3 Å². The maximum Gasteiger partial charge on any atom is 0.128 e. The Kier molecular flexibility index (Phi) is 6.28. The van der Waals surface area contributed by atoms with Gasteiger partial charge in [0, 0.05) is 12.5 Å². The molecule has 4 aliphatic rings. The minimum atomic E-state index is -0.361. The first kappa shape index (κ1) is 25.8. The van der Waals surface area contributed by atoms with Crippen LogP contribution in [0.1, 0.15) is 83.5 Å². The van der Waals surface area contributed by atoms with Gasteiger partial charge in [-0.1, -0.05) is 20.8 Å². The molecule has 204 valence electrons. The standard InChI is InChI=1S/C31H45FN2O3/c1-16(5-8-28-33-24-11-17(2)23(32)15-25(24)34-28)20-6-7-21-29-22(14-27(37)31(20,21)4)30(3)10-9-19(35)12-18(30)13-26(29)36/h11,15-16,18-22,26-27,29,35-37H,5-10,12-14H2,1-4H3,(H,33,34)/t16?,18-,19+,20+,21-,22-,26+,27-,29-,30-,31+/m0/s1. The minimum absolute atomic E-state index is 0.105. The van der Waals surface area contributed by atoms with Crippen LogP contribution in [0.2, 0.25) is 0 Å². The molecular weight excluding hydrogens is 467 g/mol. The van der Waals surface area contributed by atoms with Crippen molar-refractivity contribution in [2.75, 3.05) is 0 Å². The van der Waals surface area contributed by atoms with Crippen molar-refractivity contribution in [2.45, 2.75) is 104 Å². The molecule has 1 unspecified atom stereocenters. The number of halogens is 1. The number of benzene rings is 1. The van der Waals surface area contributed by atoms with Crippen LogP contribution in [0.5, 0.6) is 0 Å². The van der Waals surface area contributed by atoms with Gasteiger partial charge in [0.2, 0.25) is 0 Å². The monoisotopic (exact) mass is 512 g/mol. The Morgan fingerprint density at radius 1 is 1.08 bits per heavy atom. The summed E-state index contributed by atoms with van der Waals surface area (Å²) < 4.78 is 14.0. The third kappa shape index (κ3) is 3.91. The smallest absolute Gasteiger partial charge is 0.128 e. The number of aromatic amines is 1. The molecule has 0 spiro atoms. The molecule has 0 radical (unpaired) electrons. The van der Waals surface area contributed by atoms with Crippen molar-refractivity contribution in [1.29, 1.82) is 0 Å². The lowest BCUT2D eigenvalue weighted by molar-refractivity contribution is -0.207. The predicted octanol–water partition coefficient (Wildman–Crippen LogP) is 5.54. The maximum atomic E-state index is 14.0. The number of aromatic nitrogens is 2. The van der Waals surface area contributed by atoms with Gasteiger partial charge in [0.05, 0.1) is 29.3 Å². The molecule has 4 fully saturated rings. The highest BCUT2D eigenvalue weighted by Crippen LogP contribution is 2.68. The van der Waals surface area contributed by atoms with Crippen molar-refractivity contribution in [2.24, 2.45) is 46.3 Å². The Labute approximate surface area is 220 Å². The normalized spacial score (nSPS) is 44.3. The van der Waals surface area contributed by atoms with E-state index in [4.69, 9.17) is 0 Å². The van der Waals surface area contributed by atoms with Crippen LogP contribution >= 0.6 is 0 Å². The van der Waals surface area contributed by atoms with Crippen LogP contribution in [0.25, 0.3) is 11.0 Å². The number of aliphatic hydroxyl groups is 3. The number of fused-ring (bicyclic) bond motifs is 6. The first-order valence-electron chi connectivity index (χ1n) is 14.7. The fourth-order valence-corrected chi connectivity index (χ4v) is 10.0. The van der Waals surface area contributed by atoms with Gasteiger partial charge in [0.1, 0.15) is 11.6 Å². The second kappa shape index (κ2) is 9.02. The number of nitrogens with one attached hydrogen (secondary N) is 1. The Hall–Kier alpha value is -1.50. The van der Waals surface area contributed by atoms with E-state index in [0.717, 1.165) is 69.1 Å². The molecule has 0 aliphatic heterocycles. The molecule has 11 atom stereocenters. The number of imidazole rings is 1. The topological polar surface area (TPSA) is 89.4 Å². The Bertz CT molecular complexity index is 1130. The van der Waals surface area contributed by atoms with Crippen LogP contribution in [-0.2, 0) is 6.42 Å². The lowest BCUT2D eigenvalue weighted by atomic mass is 9.43. The molecule has 4 aliphatic carbocycles. The lowest BCUT2D eigenvalue weighted by Crippen LogP contribution is -2.62. The SMILES string of the molecule is Cc1cc2[nH]c(CCC(C)[C@H]3CC[C@H]4[C@@H]5[C@H](O)C[C@@H]6C[C@H](O)CC[C@]6(C)[C@H]5C[C@H](O)[C@]34C)nc2cc1F. The average molecular weight is 513 g/mol. The van der Waals surface area contributed by atoms with E-state index in [1.807, 2.05) is 6.07 Å². The van der Waals surface area contributed by atoms with E-state index in [0.29, 0.717) is 40.7 Å². The summed E-state index contributed by atoms with van der Waals surface area (Å²) in [5, 5.41) is 33.6. The molecular formula is C31H45FN2O3. The Balaban J connectivity index is 1.20. The molecule has 0 bridgehead atoms. The zero-order valence-corrected chi connectivity index (χ0v) is 22.9. The molecule has 4 saturated carbocycles. The molecule has 1 aromatic heterocycles. The molecule has 0 amide bonds. The predicted molar refractivity (Wildman–Crippen MR) is 142 cm³/mol. The Morgan fingerprint density at radius 3 is 2.65 bits per heavy atom. The van der Waals surface area contributed by atoms with Gasteiger partial charge in [-0.25, -0.2) is 9.37 Å². The van der Waals surface area contributed by atoms with E-state index >= 15 is 0 Å². The summed E-state index contributed by atoms with van der Waals surface area (Å²) in [4.78, 5) is 8.03. The van der Waals surface area contributed by atoms with Gasteiger partial charge in [0.15, 0.2) is 0 Å². The van der Waals surface area contributed by atoms with E-state index < -0.39 is 0 Å². The van der Waals surface area contributed by atoms with Crippen LogP contribution < -0.4 is 0 Å². The highest BCUT2D eigenvalue weighted by molar-refractivity contribution is 5.76. The van der Waals surface area contributed by atoms with Gasteiger partial charge >= 0.3 is 0 Å². The second-order valence-corrected chi connectivity index (χ2v) is 13.8. The van der Waals surface area contributed by atoms with Crippen LogP contribution in [-0.4, -0.2) is 43.6 Å². The summed E-state index contributed by atoms with van der Waals surface area (Å²) in [6.45, 7) is 8.79. The number of H-pyrrole nitrogens is 1. The number of hydrogen-bond acceptors (Lipinski definition) is 4. The first-order valence-corrected chi connectivity index (χ1v) is 14.7. The summed E-state index contributed by atoms with van der Waals surface area (Å²) in [5.41, 5.74) is 2.11. The minimum Gasteiger partial charge on any atom is -0.393 e. The van der Waals surface area contributed by atoms with Gasteiger partial charge in [-0.05, 0) is 116 Å². The van der Waals surface area contributed by atoms with E-state index in [9.17, 15) is 19.7 Å². The fraction of sp³-hybridized carbons (Fsp3) is 0.774.